The van der Waals surface area contributed by atoms with E-state index in [1.54, 1.807) is 36.4 Å². The second-order valence-electron chi connectivity index (χ2n) is 7.22. The lowest BCUT2D eigenvalue weighted by Gasteiger charge is -2.14. The van der Waals surface area contributed by atoms with E-state index in [4.69, 9.17) is 22.1 Å². The largest absolute Gasteiger partial charge is 0.453 e. The molecule has 0 saturated heterocycles. The molecule has 0 amide bonds. The Morgan fingerprint density at radius 3 is 2.42 bits per heavy atom. The van der Waals surface area contributed by atoms with E-state index >= 15 is 0 Å². The molecule has 4 rings (SSSR count). The van der Waals surface area contributed by atoms with Crippen molar-refractivity contribution >= 4 is 50.6 Å². The third-order valence-electron chi connectivity index (χ3n) is 5.10. The normalized spacial score (nSPS) is 11.0. The van der Waals surface area contributed by atoms with Crippen molar-refractivity contribution < 1.29 is 14.3 Å². The van der Waals surface area contributed by atoms with Crippen molar-refractivity contribution in [3.05, 3.63) is 96.5 Å². The van der Waals surface area contributed by atoms with Gasteiger partial charge in [-0.1, -0.05) is 60.1 Å². The van der Waals surface area contributed by atoms with Crippen LogP contribution < -0.4 is 17.0 Å². The van der Waals surface area contributed by atoms with Crippen molar-refractivity contribution in [1.82, 2.24) is 9.13 Å². The van der Waals surface area contributed by atoms with Gasteiger partial charge in [-0.2, -0.15) is 0 Å². The molecule has 168 valence electrons. The zero-order valence-electron chi connectivity index (χ0n) is 17.4. The van der Waals surface area contributed by atoms with E-state index in [1.165, 1.54) is 7.05 Å². The quantitative estimate of drug-likeness (QED) is 0.333. The van der Waals surface area contributed by atoms with Crippen LogP contribution in [0.15, 0.2) is 64.2 Å². The molecule has 0 spiro atoms. The minimum Gasteiger partial charge on any atom is -0.453 e. The maximum Gasteiger partial charge on any atom is 0.350 e. The third kappa shape index (κ3) is 4.20. The number of benzene rings is 2. The predicted octanol–water partition coefficient (Wildman–Crippen LogP) is 3.09. The molecular formula is C23H18ClN3O5S. The first-order valence-electron chi connectivity index (χ1n) is 9.80. The Labute approximate surface area is 196 Å². The van der Waals surface area contributed by atoms with Gasteiger partial charge >= 0.3 is 11.7 Å². The Morgan fingerprint density at radius 1 is 1.06 bits per heavy atom. The highest BCUT2D eigenvalue weighted by Crippen LogP contribution is 2.35. The number of hydrogen-bond donors (Lipinski definition) is 1. The number of esters is 1. The number of fused-ring (bicyclic) bond motifs is 1. The lowest BCUT2D eigenvalue weighted by atomic mass is 10.2. The monoisotopic (exact) mass is 483 g/mol. The second-order valence-corrected chi connectivity index (χ2v) is 8.65. The van der Waals surface area contributed by atoms with Crippen molar-refractivity contribution in [3.8, 4) is 0 Å². The number of hydrogen-bond acceptors (Lipinski definition) is 7. The molecule has 8 nitrogen and oxygen atoms in total. The first-order valence-corrected chi connectivity index (χ1v) is 11.0. The molecule has 0 fully saturated rings. The van der Waals surface area contributed by atoms with Crippen LogP contribution in [0.2, 0.25) is 5.02 Å². The average Bonchev–Trinajstić information content (AvgIpc) is 3.16. The van der Waals surface area contributed by atoms with Crippen LogP contribution in [0.5, 0.6) is 0 Å². The van der Waals surface area contributed by atoms with Gasteiger partial charge in [-0.3, -0.25) is 18.7 Å². The highest BCUT2D eigenvalue weighted by Gasteiger charge is 2.24. The van der Waals surface area contributed by atoms with Crippen molar-refractivity contribution in [1.29, 1.82) is 0 Å². The van der Waals surface area contributed by atoms with E-state index in [9.17, 15) is 19.2 Å². The molecule has 2 heterocycles. The number of carbonyl (C=O) groups is 2. The van der Waals surface area contributed by atoms with Gasteiger partial charge in [0, 0.05) is 17.1 Å². The Hall–Kier alpha value is -3.69. The van der Waals surface area contributed by atoms with Crippen molar-refractivity contribution in [3.63, 3.8) is 0 Å². The smallest absolute Gasteiger partial charge is 0.350 e. The molecule has 2 aromatic heterocycles. The SMILES string of the molecule is Cn1c(=O)c(C(=O)COC(=O)c2sc3ccccc3c2Cl)c(N)n(Cc2ccccc2)c1=O. The number of ketones is 1. The number of halogens is 1. The fraction of sp³-hybridized carbons (Fsp3) is 0.130. The van der Waals surface area contributed by atoms with E-state index in [2.05, 4.69) is 0 Å². The van der Waals surface area contributed by atoms with Gasteiger partial charge in [0.15, 0.2) is 6.61 Å². The van der Waals surface area contributed by atoms with Gasteiger partial charge in [0.1, 0.15) is 16.3 Å². The molecule has 4 aromatic rings. The minimum absolute atomic E-state index is 0.0666. The highest BCUT2D eigenvalue weighted by atomic mass is 35.5. The first kappa shape index (κ1) is 22.5. The minimum atomic E-state index is -0.859. The first-order chi connectivity index (χ1) is 15.8. The number of aromatic nitrogens is 2. The van der Waals surface area contributed by atoms with E-state index in [1.807, 2.05) is 18.2 Å². The summed E-state index contributed by atoms with van der Waals surface area (Å²) in [4.78, 5) is 50.8. The summed E-state index contributed by atoms with van der Waals surface area (Å²) >= 11 is 7.42. The summed E-state index contributed by atoms with van der Waals surface area (Å²) in [5, 5.41) is 0.938. The van der Waals surface area contributed by atoms with Crippen LogP contribution in [0.1, 0.15) is 25.6 Å². The second kappa shape index (κ2) is 9.05. The maximum absolute atomic E-state index is 12.8. The van der Waals surface area contributed by atoms with E-state index in [0.717, 1.165) is 30.7 Å². The summed E-state index contributed by atoms with van der Waals surface area (Å²) in [7, 11) is 1.26. The zero-order chi connectivity index (χ0) is 23.7. The molecule has 0 radical (unpaired) electrons. The lowest BCUT2D eigenvalue weighted by molar-refractivity contribution is 0.0479. The van der Waals surface area contributed by atoms with Crippen molar-refractivity contribution in [2.45, 2.75) is 6.54 Å². The summed E-state index contributed by atoms with van der Waals surface area (Å²) in [5.41, 5.74) is 4.89. The van der Waals surface area contributed by atoms with Crippen LogP contribution in [-0.2, 0) is 18.3 Å². The highest BCUT2D eigenvalue weighted by molar-refractivity contribution is 7.21. The average molecular weight is 484 g/mol. The van der Waals surface area contributed by atoms with Gasteiger partial charge < -0.3 is 10.5 Å². The number of rotatable bonds is 6. The summed E-state index contributed by atoms with van der Waals surface area (Å²) in [5.74, 6) is -1.89. The van der Waals surface area contributed by atoms with Gasteiger partial charge in [0.25, 0.3) is 5.56 Å². The predicted molar refractivity (Wildman–Crippen MR) is 127 cm³/mol. The van der Waals surface area contributed by atoms with Gasteiger partial charge in [0.05, 0.1) is 11.6 Å². The number of thiophene rings is 1. The van der Waals surface area contributed by atoms with E-state index < -0.39 is 35.2 Å². The molecule has 0 atom stereocenters. The molecule has 2 N–H and O–H groups in total. The summed E-state index contributed by atoms with van der Waals surface area (Å²) in [6.45, 7) is -0.663. The topological polar surface area (TPSA) is 113 Å². The number of carbonyl (C=O) groups excluding carboxylic acids is 2. The van der Waals surface area contributed by atoms with Gasteiger partial charge in [-0.25, -0.2) is 9.59 Å². The summed E-state index contributed by atoms with van der Waals surface area (Å²) < 4.78 is 7.87. The van der Waals surface area contributed by atoms with E-state index in [0.29, 0.717) is 5.39 Å². The molecule has 0 aliphatic heterocycles. The standard InChI is InChI=1S/C23H18ClN3O5S/c1-26-21(29)17(20(25)27(23(26)31)11-13-7-3-2-4-8-13)15(28)12-32-22(30)19-18(24)14-9-5-6-10-16(14)33-19/h2-10H,11-12,25H2,1H3. The van der Waals surface area contributed by atoms with Crippen LogP contribution in [-0.4, -0.2) is 27.5 Å². The van der Waals surface area contributed by atoms with Crippen LogP contribution in [0, 0.1) is 0 Å². The Kier molecular flexibility index (Phi) is 6.17. The lowest BCUT2D eigenvalue weighted by Crippen LogP contribution is -2.43. The van der Waals surface area contributed by atoms with Crippen LogP contribution in [0.4, 0.5) is 5.82 Å². The zero-order valence-corrected chi connectivity index (χ0v) is 19.0. The summed E-state index contributed by atoms with van der Waals surface area (Å²) in [6.07, 6.45) is 0. The van der Waals surface area contributed by atoms with E-state index in [-0.39, 0.29) is 22.3 Å². The van der Waals surface area contributed by atoms with Crippen molar-refractivity contribution in [2.24, 2.45) is 7.05 Å². The van der Waals surface area contributed by atoms with Crippen LogP contribution in [0.25, 0.3) is 10.1 Å². The van der Waals surface area contributed by atoms with Crippen LogP contribution in [0.3, 0.4) is 0 Å². The molecule has 0 aliphatic rings. The van der Waals surface area contributed by atoms with Gasteiger partial charge in [-0.15, -0.1) is 11.3 Å². The van der Waals surface area contributed by atoms with Crippen molar-refractivity contribution in [2.75, 3.05) is 12.3 Å². The molecule has 0 bridgehead atoms. The number of Topliss-reactive ketones (excluding diaryl/α,β-unsaturated/α-hetero) is 1. The fourth-order valence-electron chi connectivity index (χ4n) is 3.38. The Bertz CT molecular complexity index is 1500. The Morgan fingerprint density at radius 2 is 1.73 bits per heavy atom. The fourth-order valence-corrected chi connectivity index (χ4v) is 4.78. The number of anilines is 1. The molecule has 2 aromatic carbocycles. The van der Waals surface area contributed by atoms with Crippen LogP contribution >= 0.6 is 22.9 Å². The number of ether oxygens (including phenoxy) is 1. The molecule has 0 saturated carbocycles. The molecule has 0 unspecified atom stereocenters. The number of nitrogen functional groups attached to an aromatic ring is 1. The third-order valence-corrected chi connectivity index (χ3v) is 6.76. The summed E-state index contributed by atoms with van der Waals surface area (Å²) in [6, 6.07) is 16.2. The van der Waals surface area contributed by atoms with Gasteiger partial charge in [0.2, 0.25) is 5.78 Å². The Balaban J connectivity index is 1.61. The van der Waals surface area contributed by atoms with Gasteiger partial charge in [-0.05, 0) is 11.6 Å². The maximum atomic E-state index is 12.8. The number of nitrogens with two attached hydrogens (primary N) is 1. The number of nitrogens with zero attached hydrogens (tertiary/aromatic N) is 2. The molecule has 0 aliphatic carbocycles. The molecular weight excluding hydrogens is 466 g/mol. The molecule has 33 heavy (non-hydrogen) atoms. The molecule has 10 heteroatoms.